The van der Waals surface area contributed by atoms with E-state index >= 15 is 0 Å². The molecule has 0 spiro atoms. The van der Waals surface area contributed by atoms with Crippen LogP contribution in [0, 0.1) is 0 Å². The zero-order chi connectivity index (χ0) is 12.3. The molecule has 3 nitrogen and oxygen atoms in total. The molecule has 1 aliphatic heterocycles. The minimum atomic E-state index is 0.865. The molecule has 1 aliphatic rings. The summed E-state index contributed by atoms with van der Waals surface area (Å²) in [4.78, 5) is 6.07. The van der Waals surface area contributed by atoms with Crippen LogP contribution in [0.4, 0.5) is 11.4 Å². The molecule has 2 N–H and O–H groups in total. The SMILES string of the molecule is CN(C)CCCN1CCSc2ccc(N)cc21. The zero-order valence-corrected chi connectivity index (χ0v) is 11.5. The number of nitrogen functional groups attached to an aromatic ring is 1. The van der Waals surface area contributed by atoms with Crippen molar-refractivity contribution >= 4 is 23.1 Å². The van der Waals surface area contributed by atoms with E-state index in [2.05, 4.69) is 36.0 Å². The van der Waals surface area contributed by atoms with Gasteiger partial charge in [-0.3, -0.25) is 0 Å². The fourth-order valence-electron chi connectivity index (χ4n) is 2.10. The maximum absolute atomic E-state index is 5.88. The minimum absolute atomic E-state index is 0.865. The van der Waals surface area contributed by atoms with E-state index in [0.717, 1.165) is 25.3 Å². The smallest absolute Gasteiger partial charge is 0.0525 e. The first kappa shape index (κ1) is 12.6. The van der Waals surface area contributed by atoms with Gasteiger partial charge < -0.3 is 15.5 Å². The largest absolute Gasteiger partial charge is 0.399 e. The molecule has 0 fully saturated rings. The monoisotopic (exact) mass is 251 g/mol. The van der Waals surface area contributed by atoms with E-state index in [4.69, 9.17) is 5.73 Å². The lowest BCUT2D eigenvalue weighted by atomic mass is 10.2. The highest BCUT2D eigenvalue weighted by atomic mass is 32.2. The molecule has 0 amide bonds. The molecule has 1 heterocycles. The topological polar surface area (TPSA) is 32.5 Å². The Bertz CT molecular complexity index is 379. The molecule has 0 unspecified atom stereocenters. The maximum atomic E-state index is 5.88. The molecule has 1 aromatic carbocycles. The highest BCUT2D eigenvalue weighted by Gasteiger charge is 2.16. The second-order valence-corrected chi connectivity index (χ2v) is 5.86. The van der Waals surface area contributed by atoms with Crippen molar-refractivity contribution < 1.29 is 0 Å². The van der Waals surface area contributed by atoms with E-state index in [9.17, 15) is 0 Å². The van der Waals surface area contributed by atoms with Crippen molar-refractivity contribution in [3.63, 3.8) is 0 Å². The van der Waals surface area contributed by atoms with E-state index in [1.54, 1.807) is 0 Å². The number of nitrogens with two attached hydrogens (primary N) is 1. The normalized spacial score (nSPS) is 15.1. The van der Waals surface area contributed by atoms with Crippen molar-refractivity contribution in [1.82, 2.24) is 4.90 Å². The second kappa shape index (κ2) is 5.65. The summed E-state index contributed by atoms with van der Waals surface area (Å²) in [5.41, 5.74) is 8.06. The van der Waals surface area contributed by atoms with Gasteiger partial charge in [-0.05, 0) is 45.3 Å². The van der Waals surface area contributed by atoms with Crippen LogP contribution < -0.4 is 10.6 Å². The van der Waals surface area contributed by atoms with Gasteiger partial charge in [0.25, 0.3) is 0 Å². The van der Waals surface area contributed by atoms with Crippen molar-refractivity contribution in [3.8, 4) is 0 Å². The summed E-state index contributed by atoms with van der Waals surface area (Å²) in [7, 11) is 4.25. The third kappa shape index (κ3) is 3.30. The van der Waals surface area contributed by atoms with Crippen LogP contribution in [0.3, 0.4) is 0 Å². The molecular weight excluding hydrogens is 230 g/mol. The molecule has 4 heteroatoms. The van der Waals surface area contributed by atoms with Crippen LogP contribution in [-0.2, 0) is 0 Å². The van der Waals surface area contributed by atoms with E-state index < -0.39 is 0 Å². The number of nitrogens with zero attached hydrogens (tertiary/aromatic N) is 2. The van der Waals surface area contributed by atoms with Gasteiger partial charge in [-0.2, -0.15) is 0 Å². The Kier molecular flexibility index (Phi) is 4.18. The summed E-state index contributed by atoms with van der Waals surface area (Å²) in [5, 5.41) is 0. The van der Waals surface area contributed by atoms with Crippen LogP contribution in [0.25, 0.3) is 0 Å². The molecule has 0 saturated carbocycles. The van der Waals surface area contributed by atoms with Crippen LogP contribution >= 0.6 is 11.8 Å². The standard InChI is InChI=1S/C13H21N3S/c1-15(2)6-3-7-16-8-9-17-13-5-4-11(14)10-12(13)16/h4-5,10H,3,6-9,14H2,1-2H3. The lowest BCUT2D eigenvalue weighted by molar-refractivity contribution is 0.400. The molecule has 94 valence electrons. The third-order valence-electron chi connectivity index (χ3n) is 2.98. The van der Waals surface area contributed by atoms with Gasteiger partial charge in [0.15, 0.2) is 0 Å². The molecule has 0 bridgehead atoms. The average molecular weight is 251 g/mol. The van der Waals surface area contributed by atoms with Gasteiger partial charge >= 0.3 is 0 Å². The molecular formula is C13H21N3S. The third-order valence-corrected chi connectivity index (χ3v) is 4.02. The molecule has 0 aliphatic carbocycles. The second-order valence-electron chi connectivity index (χ2n) is 4.72. The Morgan fingerprint density at radius 2 is 2.24 bits per heavy atom. The van der Waals surface area contributed by atoms with E-state index in [1.807, 2.05) is 17.8 Å². The van der Waals surface area contributed by atoms with Crippen molar-refractivity contribution in [1.29, 1.82) is 0 Å². The van der Waals surface area contributed by atoms with Crippen LogP contribution in [0.15, 0.2) is 23.1 Å². The average Bonchev–Trinajstić information content (AvgIpc) is 2.29. The van der Waals surface area contributed by atoms with Gasteiger partial charge in [-0.1, -0.05) is 0 Å². The molecule has 2 rings (SSSR count). The molecule has 0 atom stereocenters. The van der Waals surface area contributed by atoms with Crippen LogP contribution in [0.2, 0.25) is 0 Å². The van der Waals surface area contributed by atoms with Crippen LogP contribution in [0.5, 0.6) is 0 Å². The lowest BCUT2D eigenvalue weighted by Gasteiger charge is -2.31. The molecule has 0 radical (unpaired) electrons. The fourth-order valence-corrected chi connectivity index (χ4v) is 3.13. The predicted octanol–water partition coefficient (Wildman–Crippen LogP) is 2.13. The fraction of sp³-hybridized carbons (Fsp3) is 0.538. The summed E-state index contributed by atoms with van der Waals surface area (Å²) < 4.78 is 0. The summed E-state index contributed by atoms with van der Waals surface area (Å²) in [6.45, 7) is 3.39. The van der Waals surface area contributed by atoms with Gasteiger partial charge in [0.1, 0.15) is 0 Å². The first-order valence-corrected chi connectivity index (χ1v) is 7.07. The first-order valence-electron chi connectivity index (χ1n) is 6.09. The summed E-state index contributed by atoms with van der Waals surface area (Å²) >= 11 is 1.93. The number of fused-ring (bicyclic) bond motifs is 1. The highest BCUT2D eigenvalue weighted by molar-refractivity contribution is 7.99. The Balaban J connectivity index is 2.03. The lowest BCUT2D eigenvalue weighted by Crippen LogP contribution is -2.31. The Hall–Kier alpha value is -0.870. The van der Waals surface area contributed by atoms with Crippen molar-refractivity contribution in [2.75, 3.05) is 50.1 Å². The number of anilines is 2. The number of thioether (sulfide) groups is 1. The number of benzene rings is 1. The van der Waals surface area contributed by atoms with Gasteiger partial charge in [0, 0.05) is 29.4 Å². The van der Waals surface area contributed by atoms with Crippen molar-refractivity contribution in [2.24, 2.45) is 0 Å². The Labute approximate surface area is 108 Å². The minimum Gasteiger partial charge on any atom is -0.399 e. The van der Waals surface area contributed by atoms with Gasteiger partial charge in [0.2, 0.25) is 0 Å². The highest BCUT2D eigenvalue weighted by Crippen LogP contribution is 2.35. The number of hydrogen-bond acceptors (Lipinski definition) is 4. The van der Waals surface area contributed by atoms with Gasteiger partial charge in [-0.25, -0.2) is 0 Å². The zero-order valence-electron chi connectivity index (χ0n) is 10.6. The van der Waals surface area contributed by atoms with E-state index in [0.29, 0.717) is 0 Å². The first-order chi connectivity index (χ1) is 8.16. The summed E-state index contributed by atoms with van der Waals surface area (Å²) in [6, 6.07) is 6.25. The van der Waals surface area contributed by atoms with Crippen LogP contribution in [0.1, 0.15) is 6.42 Å². The quantitative estimate of drug-likeness (QED) is 0.831. The van der Waals surface area contributed by atoms with Gasteiger partial charge in [0.05, 0.1) is 5.69 Å². The van der Waals surface area contributed by atoms with Gasteiger partial charge in [-0.15, -0.1) is 11.8 Å². The number of rotatable bonds is 4. The summed E-state index contributed by atoms with van der Waals surface area (Å²) in [5.74, 6) is 1.18. The summed E-state index contributed by atoms with van der Waals surface area (Å²) in [6.07, 6.45) is 1.20. The van der Waals surface area contributed by atoms with E-state index in [-0.39, 0.29) is 0 Å². The van der Waals surface area contributed by atoms with Crippen molar-refractivity contribution in [2.45, 2.75) is 11.3 Å². The molecule has 1 aromatic rings. The van der Waals surface area contributed by atoms with Crippen molar-refractivity contribution in [3.05, 3.63) is 18.2 Å². The Morgan fingerprint density at radius 3 is 3.00 bits per heavy atom. The van der Waals surface area contributed by atoms with Crippen LogP contribution in [-0.4, -0.2) is 44.4 Å². The Morgan fingerprint density at radius 1 is 1.41 bits per heavy atom. The molecule has 17 heavy (non-hydrogen) atoms. The number of hydrogen-bond donors (Lipinski definition) is 1. The molecule has 0 saturated heterocycles. The van der Waals surface area contributed by atoms with E-state index in [1.165, 1.54) is 22.8 Å². The molecule has 0 aromatic heterocycles. The predicted molar refractivity (Wildman–Crippen MR) is 77.0 cm³/mol. The maximum Gasteiger partial charge on any atom is 0.0525 e.